The summed E-state index contributed by atoms with van der Waals surface area (Å²) in [5.74, 6) is -0.136. The summed E-state index contributed by atoms with van der Waals surface area (Å²) in [4.78, 5) is 26.9. The molecule has 2 aliphatic heterocycles. The van der Waals surface area contributed by atoms with E-state index in [4.69, 9.17) is 11.6 Å². The second kappa shape index (κ2) is 9.09. The third kappa shape index (κ3) is 4.16. The molecular weight excluding hydrogens is 474 g/mol. The van der Waals surface area contributed by atoms with E-state index in [0.717, 1.165) is 18.9 Å². The third-order valence-corrected chi connectivity index (χ3v) is 9.53. The molecular formula is C21H24ClN3O5S2. The molecule has 0 bridgehead atoms. The molecule has 2 aliphatic rings. The Morgan fingerprint density at radius 1 is 1.25 bits per heavy atom. The Bertz CT molecular complexity index is 1140. The van der Waals surface area contributed by atoms with Crippen molar-refractivity contribution in [3.8, 4) is 0 Å². The van der Waals surface area contributed by atoms with Gasteiger partial charge in [0, 0.05) is 36.5 Å². The van der Waals surface area contributed by atoms with Crippen molar-refractivity contribution in [2.45, 2.75) is 43.5 Å². The second-order valence-corrected chi connectivity index (χ2v) is 11.4. The smallest absolute Gasteiger partial charge is 0.289 e. The number of benzene rings is 1. The van der Waals surface area contributed by atoms with Crippen molar-refractivity contribution in [1.29, 1.82) is 0 Å². The van der Waals surface area contributed by atoms with Gasteiger partial charge in [0.05, 0.1) is 15.9 Å². The highest BCUT2D eigenvalue weighted by Gasteiger charge is 2.38. The molecule has 0 N–H and O–H groups in total. The standard InChI is InChI=1S/C21H24ClN3O5S2/c1-2-18-16-8-12-31-20(16)7-11-24(18)21(26)14-5-9-23(10-6-14)32(29,30)15-3-4-17(22)19(13-15)25(27)28/h3-4,8,12-14,18H,2,5-7,9-11H2,1H3. The molecule has 32 heavy (non-hydrogen) atoms. The van der Waals surface area contributed by atoms with Crippen LogP contribution in [0.2, 0.25) is 5.02 Å². The predicted octanol–water partition coefficient (Wildman–Crippen LogP) is 4.25. The zero-order valence-corrected chi connectivity index (χ0v) is 20.0. The van der Waals surface area contributed by atoms with Crippen LogP contribution in [0.15, 0.2) is 34.5 Å². The van der Waals surface area contributed by atoms with Crippen LogP contribution in [0.5, 0.6) is 0 Å². The van der Waals surface area contributed by atoms with E-state index in [1.54, 1.807) is 11.3 Å². The van der Waals surface area contributed by atoms with Gasteiger partial charge in [-0.15, -0.1) is 11.3 Å². The number of thiophene rings is 1. The van der Waals surface area contributed by atoms with Crippen LogP contribution >= 0.6 is 22.9 Å². The number of hydrogen-bond acceptors (Lipinski definition) is 6. The van der Waals surface area contributed by atoms with Crippen molar-refractivity contribution in [3.63, 3.8) is 0 Å². The minimum absolute atomic E-state index is 0.0777. The monoisotopic (exact) mass is 497 g/mol. The van der Waals surface area contributed by atoms with Crippen LogP contribution in [0.4, 0.5) is 5.69 Å². The number of carbonyl (C=O) groups is 1. The Hall–Kier alpha value is -2.01. The van der Waals surface area contributed by atoms with Crippen LogP contribution in [0.25, 0.3) is 0 Å². The largest absolute Gasteiger partial charge is 0.335 e. The average Bonchev–Trinajstić information content (AvgIpc) is 3.27. The van der Waals surface area contributed by atoms with Crippen LogP contribution < -0.4 is 0 Å². The van der Waals surface area contributed by atoms with Crippen molar-refractivity contribution in [2.75, 3.05) is 19.6 Å². The first-order valence-electron chi connectivity index (χ1n) is 10.5. The molecule has 0 spiro atoms. The summed E-state index contributed by atoms with van der Waals surface area (Å²) in [5.41, 5.74) is 0.794. The molecule has 1 aromatic carbocycles. The number of sulfonamides is 1. The van der Waals surface area contributed by atoms with Crippen molar-refractivity contribution >= 4 is 44.6 Å². The van der Waals surface area contributed by atoms with E-state index >= 15 is 0 Å². The fraction of sp³-hybridized carbons (Fsp3) is 0.476. The zero-order valence-electron chi connectivity index (χ0n) is 17.6. The molecule has 11 heteroatoms. The SMILES string of the molecule is CCC1c2ccsc2CCN1C(=O)C1CCN(S(=O)(=O)c2ccc(Cl)c([N+](=O)[O-])c2)CC1. The number of nitro groups is 1. The highest BCUT2D eigenvalue weighted by molar-refractivity contribution is 7.89. The molecule has 1 fully saturated rings. The van der Waals surface area contributed by atoms with Gasteiger partial charge in [-0.1, -0.05) is 18.5 Å². The van der Waals surface area contributed by atoms with Gasteiger partial charge in [-0.25, -0.2) is 8.42 Å². The summed E-state index contributed by atoms with van der Waals surface area (Å²) >= 11 is 7.55. The van der Waals surface area contributed by atoms with E-state index in [9.17, 15) is 23.3 Å². The number of amides is 1. The lowest BCUT2D eigenvalue weighted by Crippen LogP contribution is -2.47. The van der Waals surface area contributed by atoms with Crippen LogP contribution in [0, 0.1) is 16.0 Å². The van der Waals surface area contributed by atoms with Crippen molar-refractivity contribution in [1.82, 2.24) is 9.21 Å². The maximum Gasteiger partial charge on any atom is 0.289 e. The van der Waals surface area contributed by atoms with Crippen LogP contribution in [0.3, 0.4) is 0 Å². The molecule has 0 radical (unpaired) electrons. The number of nitro benzene ring substituents is 1. The van der Waals surface area contributed by atoms with E-state index < -0.39 is 20.6 Å². The lowest BCUT2D eigenvalue weighted by molar-refractivity contribution is -0.384. The molecule has 1 aromatic heterocycles. The third-order valence-electron chi connectivity index (χ3n) is 6.32. The first-order chi connectivity index (χ1) is 15.2. The zero-order chi connectivity index (χ0) is 23.0. The summed E-state index contributed by atoms with van der Waals surface area (Å²) in [6.07, 6.45) is 2.56. The summed E-state index contributed by atoms with van der Waals surface area (Å²) in [6.45, 7) is 3.17. The number of hydrogen-bond donors (Lipinski definition) is 0. The van der Waals surface area contributed by atoms with E-state index in [2.05, 4.69) is 18.4 Å². The Balaban J connectivity index is 1.45. The van der Waals surface area contributed by atoms with Gasteiger partial charge < -0.3 is 4.90 Å². The summed E-state index contributed by atoms with van der Waals surface area (Å²) in [5, 5.41) is 13.1. The number of piperidine rings is 1. The highest BCUT2D eigenvalue weighted by Crippen LogP contribution is 2.37. The maximum absolute atomic E-state index is 13.3. The van der Waals surface area contributed by atoms with Crippen LogP contribution in [0.1, 0.15) is 42.7 Å². The number of nitrogens with zero attached hydrogens (tertiary/aromatic N) is 3. The molecule has 1 unspecified atom stereocenters. The lowest BCUT2D eigenvalue weighted by Gasteiger charge is -2.39. The highest BCUT2D eigenvalue weighted by atomic mass is 35.5. The first-order valence-corrected chi connectivity index (χ1v) is 13.2. The Morgan fingerprint density at radius 3 is 2.62 bits per heavy atom. The van der Waals surface area contributed by atoms with Gasteiger partial charge in [-0.05, 0) is 54.8 Å². The second-order valence-electron chi connectivity index (χ2n) is 8.05. The molecule has 8 nitrogen and oxygen atoms in total. The fourth-order valence-corrected chi connectivity index (χ4v) is 7.22. The molecule has 172 valence electrons. The summed E-state index contributed by atoms with van der Waals surface area (Å²) < 4.78 is 27.3. The normalized spacial score (nSPS) is 20.2. The Kier molecular flexibility index (Phi) is 6.58. The van der Waals surface area contributed by atoms with E-state index in [1.165, 1.54) is 26.9 Å². The minimum Gasteiger partial charge on any atom is -0.335 e. The number of carbonyl (C=O) groups excluding carboxylic acids is 1. The fourth-order valence-electron chi connectivity index (χ4n) is 4.62. The topological polar surface area (TPSA) is 101 Å². The minimum atomic E-state index is -3.91. The van der Waals surface area contributed by atoms with Crippen LogP contribution in [-0.4, -0.2) is 48.1 Å². The first kappa shape index (κ1) is 23.2. The van der Waals surface area contributed by atoms with Gasteiger partial charge in [0.15, 0.2) is 0 Å². The summed E-state index contributed by atoms with van der Waals surface area (Å²) in [7, 11) is -3.91. The molecule has 1 atom stereocenters. The molecule has 4 rings (SSSR count). The lowest BCUT2D eigenvalue weighted by atomic mass is 9.92. The molecule has 1 saturated heterocycles. The molecule has 2 aromatic rings. The number of halogens is 1. The molecule has 0 saturated carbocycles. The van der Waals surface area contributed by atoms with Gasteiger partial charge in [-0.2, -0.15) is 4.31 Å². The van der Waals surface area contributed by atoms with Gasteiger partial charge >= 0.3 is 0 Å². The van der Waals surface area contributed by atoms with Gasteiger partial charge in [0.2, 0.25) is 15.9 Å². The van der Waals surface area contributed by atoms with Crippen molar-refractivity contribution in [2.24, 2.45) is 5.92 Å². The van der Waals surface area contributed by atoms with E-state index in [-0.39, 0.29) is 40.9 Å². The van der Waals surface area contributed by atoms with E-state index in [1.807, 2.05) is 4.90 Å². The van der Waals surface area contributed by atoms with Crippen molar-refractivity contribution < 1.29 is 18.1 Å². The maximum atomic E-state index is 13.3. The van der Waals surface area contributed by atoms with Gasteiger partial charge in [0.1, 0.15) is 5.02 Å². The Morgan fingerprint density at radius 2 is 1.97 bits per heavy atom. The average molecular weight is 498 g/mol. The molecule has 0 aliphatic carbocycles. The number of fused-ring (bicyclic) bond motifs is 1. The number of rotatable bonds is 5. The Labute approximate surface area is 196 Å². The van der Waals surface area contributed by atoms with Gasteiger partial charge in [0.25, 0.3) is 5.69 Å². The van der Waals surface area contributed by atoms with Crippen molar-refractivity contribution in [3.05, 3.63) is 55.2 Å². The molecule has 1 amide bonds. The van der Waals surface area contributed by atoms with Gasteiger partial charge in [-0.3, -0.25) is 14.9 Å². The quantitative estimate of drug-likeness (QED) is 0.454. The summed E-state index contributed by atoms with van der Waals surface area (Å²) in [6, 6.07) is 5.68. The molecule has 3 heterocycles. The predicted molar refractivity (Wildman–Crippen MR) is 122 cm³/mol. The van der Waals surface area contributed by atoms with E-state index in [0.29, 0.717) is 19.4 Å². The van der Waals surface area contributed by atoms with Crippen LogP contribution in [-0.2, 0) is 21.2 Å².